The molecule has 0 bridgehead atoms. The van der Waals surface area contributed by atoms with Crippen LogP contribution in [0.15, 0.2) is 36.9 Å². The Balaban J connectivity index is 2.17. The zero-order valence-electron chi connectivity index (χ0n) is 9.89. The van der Waals surface area contributed by atoms with Crippen LogP contribution in [0.5, 0.6) is 5.75 Å². The second kappa shape index (κ2) is 5.53. The molecule has 1 aliphatic heterocycles. The first kappa shape index (κ1) is 11.7. The minimum Gasteiger partial charge on any atom is -0.489 e. The SMILES string of the molecule is C=CCOc1ccccc1C(=O)N1CCCC1. The third kappa shape index (κ3) is 2.67. The smallest absolute Gasteiger partial charge is 0.257 e. The van der Waals surface area contributed by atoms with Gasteiger partial charge in [-0.2, -0.15) is 0 Å². The van der Waals surface area contributed by atoms with Crippen molar-refractivity contribution in [2.45, 2.75) is 12.8 Å². The van der Waals surface area contributed by atoms with Crippen molar-refractivity contribution in [3.63, 3.8) is 0 Å². The molecule has 0 aliphatic carbocycles. The number of carbonyl (C=O) groups is 1. The molecule has 3 nitrogen and oxygen atoms in total. The van der Waals surface area contributed by atoms with Crippen molar-refractivity contribution in [3.8, 4) is 5.75 Å². The summed E-state index contributed by atoms with van der Waals surface area (Å²) in [4.78, 5) is 14.1. The quantitative estimate of drug-likeness (QED) is 0.745. The minimum absolute atomic E-state index is 0.0714. The molecule has 1 aromatic carbocycles. The molecule has 0 unspecified atom stereocenters. The van der Waals surface area contributed by atoms with Gasteiger partial charge in [-0.15, -0.1) is 0 Å². The predicted octanol–water partition coefficient (Wildman–Crippen LogP) is 2.49. The fourth-order valence-corrected chi connectivity index (χ4v) is 2.01. The van der Waals surface area contributed by atoms with Crippen molar-refractivity contribution in [2.24, 2.45) is 0 Å². The van der Waals surface area contributed by atoms with Gasteiger partial charge in [-0.3, -0.25) is 4.79 Å². The standard InChI is InChI=1S/C14H17NO2/c1-2-11-17-13-8-4-3-7-12(13)14(16)15-9-5-6-10-15/h2-4,7-8H,1,5-6,9-11H2. The largest absolute Gasteiger partial charge is 0.489 e. The maximum absolute atomic E-state index is 12.3. The summed E-state index contributed by atoms with van der Waals surface area (Å²) in [7, 11) is 0. The number of hydrogen-bond acceptors (Lipinski definition) is 2. The van der Waals surface area contributed by atoms with Crippen molar-refractivity contribution >= 4 is 5.91 Å². The molecule has 90 valence electrons. The number of likely N-dealkylation sites (tertiary alicyclic amines) is 1. The zero-order chi connectivity index (χ0) is 12.1. The normalized spacial score (nSPS) is 14.7. The average Bonchev–Trinajstić information content (AvgIpc) is 2.89. The number of ether oxygens (including phenoxy) is 1. The summed E-state index contributed by atoms with van der Waals surface area (Å²) in [5.74, 6) is 0.714. The van der Waals surface area contributed by atoms with E-state index in [0.29, 0.717) is 17.9 Å². The molecular weight excluding hydrogens is 214 g/mol. The number of para-hydroxylation sites is 1. The van der Waals surface area contributed by atoms with Crippen LogP contribution in [0.3, 0.4) is 0 Å². The van der Waals surface area contributed by atoms with E-state index >= 15 is 0 Å². The van der Waals surface area contributed by atoms with Gasteiger partial charge in [0.1, 0.15) is 12.4 Å². The highest BCUT2D eigenvalue weighted by atomic mass is 16.5. The molecule has 0 atom stereocenters. The van der Waals surface area contributed by atoms with Gasteiger partial charge >= 0.3 is 0 Å². The van der Waals surface area contributed by atoms with Crippen LogP contribution in [0.1, 0.15) is 23.2 Å². The molecule has 0 N–H and O–H groups in total. The fraction of sp³-hybridized carbons (Fsp3) is 0.357. The molecule has 0 spiro atoms. The molecule has 0 saturated carbocycles. The Bertz CT molecular complexity index is 408. The number of rotatable bonds is 4. The monoisotopic (exact) mass is 231 g/mol. The summed E-state index contributed by atoms with van der Waals surface area (Å²) in [6.07, 6.45) is 3.87. The summed E-state index contributed by atoms with van der Waals surface area (Å²) in [5, 5.41) is 0. The van der Waals surface area contributed by atoms with Gasteiger partial charge in [0.25, 0.3) is 5.91 Å². The lowest BCUT2D eigenvalue weighted by atomic mass is 10.2. The van der Waals surface area contributed by atoms with Crippen LogP contribution in [-0.2, 0) is 0 Å². The van der Waals surface area contributed by atoms with E-state index in [4.69, 9.17) is 4.74 Å². The van der Waals surface area contributed by atoms with Crippen LogP contribution in [-0.4, -0.2) is 30.5 Å². The lowest BCUT2D eigenvalue weighted by molar-refractivity contribution is 0.0789. The first-order valence-electron chi connectivity index (χ1n) is 5.95. The van der Waals surface area contributed by atoms with Crippen LogP contribution in [0.2, 0.25) is 0 Å². The average molecular weight is 231 g/mol. The van der Waals surface area contributed by atoms with Gasteiger partial charge in [-0.05, 0) is 25.0 Å². The first-order valence-corrected chi connectivity index (χ1v) is 5.95. The Morgan fingerprint density at radius 1 is 1.35 bits per heavy atom. The highest BCUT2D eigenvalue weighted by Crippen LogP contribution is 2.21. The van der Waals surface area contributed by atoms with Gasteiger partial charge in [0, 0.05) is 13.1 Å². The maximum Gasteiger partial charge on any atom is 0.257 e. The number of benzene rings is 1. The van der Waals surface area contributed by atoms with E-state index in [9.17, 15) is 4.79 Å². The van der Waals surface area contributed by atoms with Gasteiger partial charge in [-0.25, -0.2) is 0 Å². The molecule has 1 aromatic rings. The molecule has 17 heavy (non-hydrogen) atoms. The molecule has 1 saturated heterocycles. The number of hydrogen-bond donors (Lipinski definition) is 0. The van der Waals surface area contributed by atoms with E-state index in [-0.39, 0.29) is 5.91 Å². The Hall–Kier alpha value is -1.77. The number of carbonyl (C=O) groups excluding carboxylic acids is 1. The van der Waals surface area contributed by atoms with Crippen LogP contribution in [0.4, 0.5) is 0 Å². The zero-order valence-corrected chi connectivity index (χ0v) is 9.89. The van der Waals surface area contributed by atoms with E-state index < -0.39 is 0 Å². The molecular formula is C14H17NO2. The van der Waals surface area contributed by atoms with Crippen LogP contribution >= 0.6 is 0 Å². The highest BCUT2D eigenvalue weighted by Gasteiger charge is 2.21. The lowest BCUT2D eigenvalue weighted by Crippen LogP contribution is -2.28. The molecule has 2 rings (SSSR count). The molecule has 3 heteroatoms. The first-order chi connectivity index (χ1) is 8.33. The third-order valence-corrected chi connectivity index (χ3v) is 2.87. The van der Waals surface area contributed by atoms with Gasteiger partial charge in [-0.1, -0.05) is 24.8 Å². The fourth-order valence-electron chi connectivity index (χ4n) is 2.01. The summed E-state index contributed by atoms with van der Waals surface area (Å²) >= 11 is 0. The van der Waals surface area contributed by atoms with E-state index in [1.807, 2.05) is 29.2 Å². The van der Waals surface area contributed by atoms with Crippen LogP contribution in [0.25, 0.3) is 0 Å². The second-order valence-corrected chi connectivity index (χ2v) is 4.10. The topological polar surface area (TPSA) is 29.5 Å². The Labute approximate surface area is 102 Å². The van der Waals surface area contributed by atoms with Crippen molar-refractivity contribution in [1.29, 1.82) is 0 Å². The molecule has 1 aliphatic rings. The summed E-state index contributed by atoms with van der Waals surface area (Å²) in [6.45, 7) is 5.74. The molecule has 1 heterocycles. The minimum atomic E-state index is 0.0714. The summed E-state index contributed by atoms with van der Waals surface area (Å²) in [6, 6.07) is 7.38. The number of amides is 1. The predicted molar refractivity (Wildman–Crippen MR) is 67.3 cm³/mol. The van der Waals surface area contributed by atoms with Crippen molar-refractivity contribution in [1.82, 2.24) is 4.90 Å². The summed E-state index contributed by atoms with van der Waals surface area (Å²) < 4.78 is 5.50. The Morgan fingerprint density at radius 3 is 2.76 bits per heavy atom. The van der Waals surface area contributed by atoms with Gasteiger partial charge in [0.05, 0.1) is 5.56 Å². The van der Waals surface area contributed by atoms with Crippen LogP contribution < -0.4 is 4.74 Å². The van der Waals surface area contributed by atoms with E-state index in [1.54, 1.807) is 6.08 Å². The Morgan fingerprint density at radius 2 is 2.06 bits per heavy atom. The van der Waals surface area contributed by atoms with Crippen molar-refractivity contribution in [2.75, 3.05) is 19.7 Å². The third-order valence-electron chi connectivity index (χ3n) is 2.87. The van der Waals surface area contributed by atoms with Gasteiger partial charge in [0.15, 0.2) is 0 Å². The van der Waals surface area contributed by atoms with E-state index in [2.05, 4.69) is 6.58 Å². The summed E-state index contributed by atoms with van der Waals surface area (Å²) in [5.41, 5.74) is 0.649. The Kier molecular flexibility index (Phi) is 3.81. The van der Waals surface area contributed by atoms with E-state index in [1.165, 1.54) is 0 Å². The molecule has 0 radical (unpaired) electrons. The van der Waals surface area contributed by atoms with E-state index in [0.717, 1.165) is 25.9 Å². The lowest BCUT2D eigenvalue weighted by Gasteiger charge is -2.17. The van der Waals surface area contributed by atoms with Gasteiger partial charge < -0.3 is 9.64 Å². The van der Waals surface area contributed by atoms with Crippen molar-refractivity contribution < 1.29 is 9.53 Å². The molecule has 1 fully saturated rings. The molecule has 0 aromatic heterocycles. The second-order valence-electron chi connectivity index (χ2n) is 4.10. The number of nitrogens with zero attached hydrogens (tertiary/aromatic N) is 1. The maximum atomic E-state index is 12.3. The highest BCUT2D eigenvalue weighted by molar-refractivity contribution is 5.97. The van der Waals surface area contributed by atoms with Crippen molar-refractivity contribution in [3.05, 3.63) is 42.5 Å². The van der Waals surface area contributed by atoms with Crippen LogP contribution in [0, 0.1) is 0 Å². The van der Waals surface area contributed by atoms with Gasteiger partial charge in [0.2, 0.25) is 0 Å². The molecule has 1 amide bonds.